The van der Waals surface area contributed by atoms with Crippen LogP contribution >= 0.6 is 0 Å². The molecule has 2 aliphatic carbocycles. The van der Waals surface area contributed by atoms with Gasteiger partial charge in [0, 0.05) is 23.3 Å². The maximum absolute atomic E-state index is 13.7. The molecule has 2 aliphatic heterocycles. The molecule has 0 atom stereocenters. The van der Waals surface area contributed by atoms with Crippen molar-refractivity contribution in [3.05, 3.63) is 93.6 Å². The first-order valence-electron chi connectivity index (χ1n) is 12.7. The van der Waals surface area contributed by atoms with Gasteiger partial charge in [0.05, 0.1) is 24.2 Å². The number of carbonyl (C=O) groups is 2. The van der Waals surface area contributed by atoms with Crippen molar-refractivity contribution in [3.8, 4) is 0 Å². The van der Waals surface area contributed by atoms with E-state index in [1.165, 1.54) is 18.2 Å². The van der Waals surface area contributed by atoms with Gasteiger partial charge >= 0.3 is 17.9 Å². The van der Waals surface area contributed by atoms with E-state index in [1.54, 1.807) is 45.9 Å². The van der Waals surface area contributed by atoms with E-state index in [-0.39, 0.29) is 16.7 Å². The monoisotopic (exact) mass is 553 g/mol. The van der Waals surface area contributed by atoms with Crippen molar-refractivity contribution in [2.24, 2.45) is 0 Å². The number of aromatic carboxylic acids is 2. The molecule has 10 heteroatoms. The smallest absolute Gasteiger partial charge is 0.361 e. The van der Waals surface area contributed by atoms with Crippen LogP contribution < -0.4 is 4.90 Å². The summed E-state index contributed by atoms with van der Waals surface area (Å²) in [7, 11) is 0. The molecule has 0 spiro atoms. The molecule has 2 fully saturated rings. The number of rotatable bonds is 4. The van der Waals surface area contributed by atoms with Gasteiger partial charge in [0.2, 0.25) is 18.8 Å². The van der Waals surface area contributed by atoms with Crippen molar-refractivity contribution in [3.63, 3.8) is 0 Å². The highest BCUT2D eigenvalue weighted by atomic mass is 19.3. The van der Waals surface area contributed by atoms with Crippen LogP contribution in [0.1, 0.15) is 51.3 Å². The Morgan fingerprint density at radius 2 is 1.57 bits per heavy atom. The molecule has 4 aliphatic rings. The second-order valence-corrected chi connectivity index (χ2v) is 11.3. The van der Waals surface area contributed by atoms with Crippen molar-refractivity contribution >= 4 is 28.9 Å². The van der Waals surface area contributed by atoms with Gasteiger partial charge in [0.15, 0.2) is 0 Å². The Labute approximate surface area is 226 Å². The Morgan fingerprint density at radius 3 is 2.17 bits per heavy atom. The predicted octanol–water partition coefficient (Wildman–Crippen LogP) is 5.23. The van der Waals surface area contributed by atoms with Gasteiger partial charge in [-0.25, -0.2) is 22.9 Å². The average Bonchev–Trinajstić information content (AvgIpc) is 2.85. The van der Waals surface area contributed by atoms with Gasteiger partial charge in [0.25, 0.3) is 5.92 Å². The fourth-order valence-electron chi connectivity index (χ4n) is 5.97. The molecule has 6 rings (SSSR count). The average molecular weight is 554 g/mol. The maximum atomic E-state index is 13.7. The quantitative estimate of drug-likeness (QED) is 0.401. The van der Waals surface area contributed by atoms with Crippen LogP contribution in [-0.2, 0) is 5.41 Å². The zero-order chi connectivity index (χ0) is 28.8. The summed E-state index contributed by atoms with van der Waals surface area (Å²) in [6, 6.07) is 9.06. The van der Waals surface area contributed by atoms with Gasteiger partial charge in [-0.3, -0.25) is 0 Å². The summed E-state index contributed by atoms with van der Waals surface area (Å²) in [4.78, 5) is 25.7. The number of allylic oxidation sites excluding steroid dienone is 5. The van der Waals surface area contributed by atoms with Crippen LogP contribution in [0.3, 0.4) is 0 Å². The van der Waals surface area contributed by atoms with Gasteiger partial charge in [0.1, 0.15) is 0 Å². The number of carboxylic acids is 2. The standard InChI is InChI=1S/C30H24F4N2O4/c1-28(2)23-10-17(35-12-29(31,32)13-35)4-7-20(23)25(22-9-16(26(37)38)3-6-19(22)27(39)40)21-8-5-18(11-24(21)28)36-14-30(33,34)15-36/h3-11H,12-15H2,1-2H3,(H-,37,38,39,40)/p+1. The number of carboxylic acid groups (broad SMARTS) is 2. The van der Waals surface area contributed by atoms with Crippen LogP contribution in [0.25, 0.3) is 5.57 Å². The first-order valence-corrected chi connectivity index (χ1v) is 12.7. The lowest BCUT2D eigenvalue weighted by molar-refractivity contribution is -0.638. The van der Waals surface area contributed by atoms with Crippen LogP contribution in [0, 0.1) is 0 Å². The minimum Gasteiger partial charge on any atom is -0.478 e. The van der Waals surface area contributed by atoms with E-state index in [4.69, 9.17) is 0 Å². The Hall–Kier alpha value is -4.21. The van der Waals surface area contributed by atoms with Gasteiger partial charge < -0.3 is 15.1 Å². The molecule has 2 heterocycles. The van der Waals surface area contributed by atoms with E-state index < -0.39 is 55.4 Å². The maximum Gasteiger partial charge on any atom is 0.361 e. The Kier molecular flexibility index (Phi) is 5.46. The van der Waals surface area contributed by atoms with Gasteiger partial charge in [-0.15, -0.1) is 0 Å². The van der Waals surface area contributed by atoms with E-state index >= 15 is 0 Å². The number of alkyl halides is 4. The molecule has 2 aromatic rings. The van der Waals surface area contributed by atoms with Crippen LogP contribution in [0.2, 0.25) is 0 Å². The van der Waals surface area contributed by atoms with Crippen molar-refractivity contribution < 1.29 is 41.9 Å². The highest BCUT2D eigenvalue weighted by Gasteiger charge is 2.51. The summed E-state index contributed by atoms with van der Waals surface area (Å²) in [6.45, 7) is 2.20. The molecule has 2 aromatic carbocycles. The second-order valence-electron chi connectivity index (χ2n) is 11.3. The molecular formula is C30H25F4N2O4+. The lowest BCUT2D eigenvalue weighted by atomic mass is 9.64. The summed E-state index contributed by atoms with van der Waals surface area (Å²) in [6.07, 6.45) is 5.26. The molecule has 0 amide bonds. The molecule has 0 saturated carbocycles. The van der Waals surface area contributed by atoms with Gasteiger partial charge in [-0.2, -0.15) is 8.78 Å². The number of benzene rings is 2. The summed E-state index contributed by atoms with van der Waals surface area (Å²) in [5, 5.41) is 19.7. The summed E-state index contributed by atoms with van der Waals surface area (Å²) in [5.41, 5.74) is 3.64. The number of anilines is 1. The minimum absolute atomic E-state index is 0.0979. The SMILES string of the molecule is CC1(C)C2=CC(=[N+]3CC(F)(F)C3)C=CC2=C(c2cc(C(=O)O)ccc2C(=O)O)c2ccc(N3CC(F)(F)C3)cc21. The largest absolute Gasteiger partial charge is 0.478 e. The molecule has 0 radical (unpaired) electrons. The highest BCUT2D eigenvalue weighted by Crippen LogP contribution is 2.51. The molecular weight excluding hydrogens is 528 g/mol. The van der Waals surface area contributed by atoms with Crippen LogP contribution in [0.15, 0.2) is 65.8 Å². The third-order valence-corrected chi connectivity index (χ3v) is 8.08. The highest BCUT2D eigenvalue weighted by molar-refractivity contribution is 6.08. The zero-order valence-electron chi connectivity index (χ0n) is 21.6. The molecule has 40 heavy (non-hydrogen) atoms. The third-order valence-electron chi connectivity index (χ3n) is 8.08. The second kappa shape index (κ2) is 8.39. The first-order chi connectivity index (χ1) is 18.7. The number of nitrogens with zero attached hydrogens (tertiary/aromatic N) is 2. The van der Waals surface area contributed by atoms with Crippen molar-refractivity contribution in [1.82, 2.24) is 0 Å². The molecule has 2 N–H and O–H groups in total. The lowest BCUT2D eigenvalue weighted by Crippen LogP contribution is -2.56. The molecule has 2 saturated heterocycles. The zero-order valence-corrected chi connectivity index (χ0v) is 21.6. The number of halogens is 4. The molecule has 6 nitrogen and oxygen atoms in total. The van der Waals surface area contributed by atoms with Crippen molar-refractivity contribution in [1.29, 1.82) is 0 Å². The number of fused-ring (bicyclic) bond motifs is 2. The van der Waals surface area contributed by atoms with Crippen LogP contribution in [0.5, 0.6) is 0 Å². The topological polar surface area (TPSA) is 80.8 Å². The fraction of sp³-hybridized carbons (Fsp3) is 0.300. The van der Waals surface area contributed by atoms with Crippen LogP contribution in [0.4, 0.5) is 23.2 Å². The molecule has 206 valence electrons. The van der Waals surface area contributed by atoms with E-state index in [2.05, 4.69) is 0 Å². The van der Waals surface area contributed by atoms with Crippen molar-refractivity contribution in [2.75, 3.05) is 31.1 Å². The summed E-state index contributed by atoms with van der Waals surface area (Å²) < 4.78 is 56.3. The van der Waals surface area contributed by atoms with E-state index in [0.717, 1.165) is 11.1 Å². The van der Waals surface area contributed by atoms with E-state index in [9.17, 15) is 37.4 Å². The predicted molar refractivity (Wildman–Crippen MR) is 140 cm³/mol. The van der Waals surface area contributed by atoms with Crippen molar-refractivity contribution in [2.45, 2.75) is 31.1 Å². The van der Waals surface area contributed by atoms with Gasteiger partial charge in [-0.1, -0.05) is 19.9 Å². The Balaban J connectivity index is 1.61. The summed E-state index contributed by atoms with van der Waals surface area (Å²) >= 11 is 0. The normalized spacial score (nSPS) is 21.6. The Morgan fingerprint density at radius 1 is 0.875 bits per heavy atom. The fourth-order valence-corrected chi connectivity index (χ4v) is 5.97. The first kappa shape index (κ1) is 26.0. The number of hydrogen-bond donors (Lipinski definition) is 2. The van der Waals surface area contributed by atoms with E-state index in [1.807, 2.05) is 13.8 Å². The lowest BCUT2D eigenvalue weighted by Gasteiger charge is -2.43. The Bertz CT molecular complexity index is 1630. The minimum atomic E-state index is -2.78. The summed E-state index contributed by atoms with van der Waals surface area (Å²) in [5.74, 6) is -8.03. The van der Waals surface area contributed by atoms with E-state index in [0.29, 0.717) is 28.1 Å². The van der Waals surface area contributed by atoms with Crippen LogP contribution in [-0.4, -0.2) is 70.5 Å². The molecule has 0 aromatic heterocycles. The number of hydrogen-bond acceptors (Lipinski definition) is 3. The molecule has 0 bridgehead atoms. The molecule has 0 unspecified atom stereocenters. The third kappa shape index (κ3) is 4.04. The van der Waals surface area contributed by atoms with Gasteiger partial charge in [-0.05, 0) is 69.8 Å².